The van der Waals surface area contributed by atoms with Gasteiger partial charge in [-0.3, -0.25) is 0 Å². The largest absolute Gasteiger partial charge is 0.483 e. The van der Waals surface area contributed by atoms with Crippen molar-refractivity contribution in [1.29, 1.82) is 0 Å². The molecule has 112 valence electrons. The maximum absolute atomic E-state index is 6.23. The zero-order chi connectivity index (χ0) is 15.2. The standard InChI is InChI=1S/C18H22BrNO/c1-13(2)20-12-18(15-7-5-4-6-8-15)21-17-10-9-14(3)11-16(17)19/h4-11,13,18,20H,12H2,1-3H3. The third kappa shape index (κ3) is 4.87. The van der Waals surface area contributed by atoms with Gasteiger partial charge in [0.25, 0.3) is 0 Å². The van der Waals surface area contributed by atoms with Gasteiger partial charge in [-0.2, -0.15) is 0 Å². The summed E-state index contributed by atoms with van der Waals surface area (Å²) < 4.78 is 7.22. The summed E-state index contributed by atoms with van der Waals surface area (Å²) >= 11 is 3.58. The maximum atomic E-state index is 6.23. The number of halogens is 1. The lowest BCUT2D eigenvalue weighted by Crippen LogP contribution is -2.30. The number of hydrogen-bond acceptors (Lipinski definition) is 2. The quantitative estimate of drug-likeness (QED) is 0.804. The van der Waals surface area contributed by atoms with Crippen molar-refractivity contribution in [3.8, 4) is 5.75 Å². The van der Waals surface area contributed by atoms with E-state index in [9.17, 15) is 0 Å². The number of nitrogens with one attached hydrogen (secondary N) is 1. The average Bonchev–Trinajstić information content (AvgIpc) is 2.46. The summed E-state index contributed by atoms with van der Waals surface area (Å²) in [5.41, 5.74) is 2.39. The molecule has 0 fully saturated rings. The summed E-state index contributed by atoms with van der Waals surface area (Å²) in [6, 6.07) is 16.9. The monoisotopic (exact) mass is 347 g/mol. The summed E-state index contributed by atoms with van der Waals surface area (Å²) in [5.74, 6) is 0.875. The number of rotatable bonds is 6. The Kier molecular flexibility index (Phi) is 5.83. The smallest absolute Gasteiger partial charge is 0.136 e. The van der Waals surface area contributed by atoms with E-state index in [2.05, 4.69) is 66.3 Å². The first-order valence-electron chi connectivity index (χ1n) is 7.27. The highest BCUT2D eigenvalue weighted by Gasteiger charge is 2.15. The highest BCUT2D eigenvalue weighted by atomic mass is 79.9. The van der Waals surface area contributed by atoms with Crippen LogP contribution in [0, 0.1) is 6.92 Å². The highest BCUT2D eigenvalue weighted by Crippen LogP contribution is 2.30. The minimum absolute atomic E-state index is 0.00685. The molecule has 1 unspecified atom stereocenters. The van der Waals surface area contributed by atoms with Crippen molar-refractivity contribution >= 4 is 15.9 Å². The second-order valence-electron chi connectivity index (χ2n) is 5.51. The van der Waals surface area contributed by atoms with Crippen LogP contribution in [0.25, 0.3) is 0 Å². The third-order valence-corrected chi connectivity index (χ3v) is 3.86. The maximum Gasteiger partial charge on any atom is 0.136 e. The molecular weight excluding hydrogens is 326 g/mol. The van der Waals surface area contributed by atoms with E-state index in [1.807, 2.05) is 24.3 Å². The molecule has 0 aliphatic carbocycles. The van der Waals surface area contributed by atoms with E-state index in [0.29, 0.717) is 6.04 Å². The predicted octanol–water partition coefficient (Wildman–Crippen LogP) is 4.88. The van der Waals surface area contributed by atoms with Gasteiger partial charge in [0, 0.05) is 12.6 Å². The summed E-state index contributed by atoms with van der Waals surface area (Å²) in [4.78, 5) is 0. The minimum atomic E-state index is -0.00685. The van der Waals surface area contributed by atoms with Crippen LogP contribution >= 0.6 is 15.9 Å². The first kappa shape index (κ1) is 16.1. The molecule has 2 rings (SSSR count). The third-order valence-electron chi connectivity index (χ3n) is 3.24. The summed E-state index contributed by atoms with van der Waals surface area (Å²) in [6.45, 7) is 7.14. The second kappa shape index (κ2) is 7.62. The van der Waals surface area contributed by atoms with E-state index < -0.39 is 0 Å². The number of hydrogen-bond donors (Lipinski definition) is 1. The molecule has 2 aromatic rings. The fourth-order valence-corrected chi connectivity index (χ4v) is 2.68. The van der Waals surface area contributed by atoms with E-state index in [4.69, 9.17) is 4.74 Å². The molecule has 2 nitrogen and oxygen atoms in total. The molecule has 0 bridgehead atoms. The molecule has 0 amide bonds. The van der Waals surface area contributed by atoms with Crippen molar-refractivity contribution in [3.05, 3.63) is 64.1 Å². The van der Waals surface area contributed by atoms with Gasteiger partial charge in [-0.25, -0.2) is 0 Å². The van der Waals surface area contributed by atoms with Crippen molar-refractivity contribution < 1.29 is 4.74 Å². The predicted molar refractivity (Wildman–Crippen MR) is 91.8 cm³/mol. The molecule has 1 N–H and O–H groups in total. The van der Waals surface area contributed by atoms with Gasteiger partial charge in [0.15, 0.2) is 0 Å². The molecule has 0 aliphatic heterocycles. The molecule has 0 spiro atoms. The first-order chi connectivity index (χ1) is 10.1. The molecule has 0 aromatic heterocycles. The number of aryl methyl sites for hydroxylation is 1. The highest BCUT2D eigenvalue weighted by molar-refractivity contribution is 9.10. The number of ether oxygens (including phenoxy) is 1. The molecule has 0 radical (unpaired) electrons. The summed E-state index contributed by atoms with van der Waals surface area (Å²) in [7, 11) is 0. The van der Waals surface area contributed by atoms with E-state index in [-0.39, 0.29) is 6.10 Å². The van der Waals surface area contributed by atoms with Crippen LogP contribution in [0.2, 0.25) is 0 Å². The van der Waals surface area contributed by atoms with Crippen molar-refractivity contribution in [2.45, 2.75) is 32.9 Å². The molecule has 0 heterocycles. The summed E-state index contributed by atoms with van der Waals surface area (Å²) in [5, 5.41) is 3.45. The van der Waals surface area contributed by atoms with Crippen LogP contribution in [-0.4, -0.2) is 12.6 Å². The molecule has 2 aromatic carbocycles. The Morgan fingerprint density at radius 1 is 1.10 bits per heavy atom. The Morgan fingerprint density at radius 3 is 2.43 bits per heavy atom. The van der Waals surface area contributed by atoms with Crippen LogP contribution < -0.4 is 10.1 Å². The Hall–Kier alpha value is -1.32. The molecule has 21 heavy (non-hydrogen) atoms. The SMILES string of the molecule is Cc1ccc(OC(CNC(C)C)c2ccccc2)c(Br)c1. The van der Waals surface area contributed by atoms with Crippen molar-refractivity contribution in [3.63, 3.8) is 0 Å². The van der Waals surface area contributed by atoms with Crippen LogP contribution in [0.4, 0.5) is 0 Å². The van der Waals surface area contributed by atoms with Crippen LogP contribution in [0.3, 0.4) is 0 Å². The summed E-state index contributed by atoms with van der Waals surface area (Å²) in [6.07, 6.45) is -0.00685. The van der Waals surface area contributed by atoms with Gasteiger partial charge in [-0.15, -0.1) is 0 Å². The Balaban J connectivity index is 2.19. The van der Waals surface area contributed by atoms with Gasteiger partial charge in [-0.1, -0.05) is 50.2 Å². The first-order valence-corrected chi connectivity index (χ1v) is 8.06. The van der Waals surface area contributed by atoms with Crippen molar-refractivity contribution in [1.82, 2.24) is 5.32 Å². The zero-order valence-corrected chi connectivity index (χ0v) is 14.4. The Labute approximate surface area is 135 Å². The normalized spacial score (nSPS) is 12.4. The van der Waals surface area contributed by atoms with Crippen LogP contribution in [0.15, 0.2) is 53.0 Å². The van der Waals surface area contributed by atoms with Crippen molar-refractivity contribution in [2.24, 2.45) is 0 Å². The lowest BCUT2D eigenvalue weighted by Gasteiger charge is -2.22. The van der Waals surface area contributed by atoms with E-state index in [1.165, 1.54) is 11.1 Å². The average molecular weight is 348 g/mol. The van der Waals surface area contributed by atoms with Gasteiger partial charge >= 0.3 is 0 Å². The molecular formula is C18H22BrNO. The Bertz CT molecular complexity index is 569. The second-order valence-corrected chi connectivity index (χ2v) is 6.37. The van der Waals surface area contributed by atoms with Gasteiger partial charge in [0.1, 0.15) is 11.9 Å². The van der Waals surface area contributed by atoms with E-state index >= 15 is 0 Å². The van der Waals surface area contributed by atoms with Gasteiger partial charge in [0.2, 0.25) is 0 Å². The molecule has 3 heteroatoms. The van der Waals surface area contributed by atoms with Gasteiger partial charge in [-0.05, 0) is 46.1 Å². The molecule has 0 saturated carbocycles. The Morgan fingerprint density at radius 2 is 1.81 bits per heavy atom. The minimum Gasteiger partial charge on any atom is -0.483 e. The van der Waals surface area contributed by atoms with Crippen LogP contribution in [0.5, 0.6) is 5.75 Å². The van der Waals surface area contributed by atoms with Crippen LogP contribution in [-0.2, 0) is 0 Å². The van der Waals surface area contributed by atoms with E-state index in [1.54, 1.807) is 0 Å². The topological polar surface area (TPSA) is 21.3 Å². The number of benzene rings is 2. The molecule has 0 aliphatic rings. The zero-order valence-electron chi connectivity index (χ0n) is 12.8. The molecule has 1 atom stereocenters. The lowest BCUT2D eigenvalue weighted by molar-refractivity contribution is 0.197. The van der Waals surface area contributed by atoms with Crippen molar-refractivity contribution in [2.75, 3.05) is 6.54 Å². The fourth-order valence-electron chi connectivity index (χ4n) is 2.09. The van der Waals surface area contributed by atoms with Gasteiger partial charge in [0.05, 0.1) is 4.47 Å². The molecule has 0 saturated heterocycles. The van der Waals surface area contributed by atoms with E-state index in [0.717, 1.165) is 16.8 Å². The van der Waals surface area contributed by atoms with Gasteiger partial charge < -0.3 is 10.1 Å². The van der Waals surface area contributed by atoms with Crippen LogP contribution in [0.1, 0.15) is 31.1 Å². The lowest BCUT2D eigenvalue weighted by atomic mass is 10.1. The fraction of sp³-hybridized carbons (Fsp3) is 0.333.